The lowest BCUT2D eigenvalue weighted by Gasteiger charge is -2.06. The number of methoxy groups -OCH3 is 1. The first-order valence-electron chi connectivity index (χ1n) is 6.23. The summed E-state index contributed by atoms with van der Waals surface area (Å²) < 4.78 is 5.22. The normalized spacial score (nSPS) is 10.8. The summed E-state index contributed by atoms with van der Waals surface area (Å²) in [6.07, 6.45) is 3.23. The molecule has 0 aromatic heterocycles. The first kappa shape index (κ1) is 14.4. The van der Waals surface area contributed by atoms with E-state index in [-0.39, 0.29) is 5.78 Å². The summed E-state index contributed by atoms with van der Waals surface area (Å²) in [6.45, 7) is 1.94. The van der Waals surface area contributed by atoms with Crippen molar-refractivity contribution in [3.05, 3.63) is 70.3 Å². The largest absolute Gasteiger partial charge is 0.496 e. The lowest BCUT2D eigenvalue weighted by Crippen LogP contribution is -1.99. The van der Waals surface area contributed by atoms with Crippen LogP contribution in [0.2, 0.25) is 5.02 Å². The zero-order valence-electron chi connectivity index (χ0n) is 11.4. The molecule has 3 heteroatoms. The summed E-state index contributed by atoms with van der Waals surface area (Å²) in [5, 5.41) is 0.618. The van der Waals surface area contributed by atoms with E-state index >= 15 is 0 Å². The number of benzene rings is 2. The molecule has 20 heavy (non-hydrogen) atoms. The highest BCUT2D eigenvalue weighted by molar-refractivity contribution is 6.32. The van der Waals surface area contributed by atoms with Crippen LogP contribution < -0.4 is 4.74 Å². The van der Waals surface area contributed by atoms with E-state index in [0.29, 0.717) is 16.3 Å². The van der Waals surface area contributed by atoms with Crippen molar-refractivity contribution in [1.82, 2.24) is 0 Å². The van der Waals surface area contributed by atoms with Gasteiger partial charge in [0.25, 0.3) is 0 Å². The summed E-state index contributed by atoms with van der Waals surface area (Å²) in [7, 11) is 1.55. The maximum Gasteiger partial charge on any atom is 0.189 e. The molecular weight excluding hydrogens is 272 g/mol. The fourth-order valence-corrected chi connectivity index (χ4v) is 2.08. The molecule has 0 aliphatic rings. The van der Waals surface area contributed by atoms with Gasteiger partial charge in [-0.1, -0.05) is 41.4 Å². The third kappa shape index (κ3) is 3.28. The molecule has 2 nitrogen and oxygen atoms in total. The zero-order valence-corrected chi connectivity index (χ0v) is 12.1. The molecule has 0 aliphatic carbocycles. The molecule has 0 fully saturated rings. The van der Waals surface area contributed by atoms with Crippen LogP contribution in [0.15, 0.2) is 48.5 Å². The summed E-state index contributed by atoms with van der Waals surface area (Å²) in [5.41, 5.74) is 2.38. The van der Waals surface area contributed by atoms with E-state index in [1.807, 2.05) is 37.3 Å². The quantitative estimate of drug-likeness (QED) is 0.609. The summed E-state index contributed by atoms with van der Waals surface area (Å²) in [4.78, 5) is 12.3. The molecule has 2 rings (SSSR count). The van der Waals surface area contributed by atoms with E-state index in [9.17, 15) is 4.79 Å². The average Bonchev–Trinajstić information content (AvgIpc) is 2.46. The van der Waals surface area contributed by atoms with E-state index in [1.165, 1.54) is 6.08 Å². The first-order valence-corrected chi connectivity index (χ1v) is 6.61. The number of aryl methyl sites for hydroxylation is 1. The van der Waals surface area contributed by atoms with Gasteiger partial charge in [0.05, 0.1) is 12.7 Å². The molecule has 102 valence electrons. The number of halogens is 1. The van der Waals surface area contributed by atoms with Gasteiger partial charge in [0.2, 0.25) is 0 Å². The van der Waals surface area contributed by atoms with Crippen LogP contribution in [0.25, 0.3) is 6.08 Å². The Morgan fingerprint density at radius 2 is 1.95 bits per heavy atom. The van der Waals surface area contributed by atoms with Crippen molar-refractivity contribution >= 4 is 23.5 Å². The molecule has 0 spiro atoms. The van der Waals surface area contributed by atoms with Crippen molar-refractivity contribution in [3.63, 3.8) is 0 Å². The van der Waals surface area contributed by atoms with Crippen LogP contribution in [0, 0.1) is 6.92 Å². The second-order valence-corrected chi connectivity index (χ2v) is 4.83. The number of ether oxygens (including phenoxy) is 1. The first-order chi connectivity index (χ1) is 9.61. The minimum absolute atomic E-state index is 0.106. The van der Waals surface area contributed by atoms with Gasteiger partial charge in [0.15, 0.2) is 5.78 Å². The van der Waals surface area contributed by atoms with E-state index in [0.717, 1.165) is 11.1 Å². The van der Waals surface area contributed by atoms with Crippen molar-refractivity contribution in [3.8, 4) is 5.75 Å². The predicted octanol–water partition coefficient (Wildman–Crippen LogP) is 4.55. The molecule has 0 saturated carbocycles. The third-order valence-corrected chi connectivity index (χ3v) is 3.28. The second kappa shape index (κ2) is 6.40. The molecule has 0 N–H and O–H groups in total. The molecule has 0 atom stereocenters. The van der Waals surface area contributed by atoms with Gasteiger partial charge in [-0.25, -0.2) is 0 Å². The zero-order chi connectivity index (χ0) is 14.5. The smallest absolute Gasteiger partial charge is 0.189 e. The Bertz CT molecular complexity index is 660. The van der Waals surface area contributed by atoms with Crippen LogP contribution in [-0.2, 0) is 0 Å². The van der Waals surface area contributed by atoms with Crippen LogP contribution in [0.5, 0.6) is 5.75 Å². The maximum atomic E-state index is 12.3. The van der Waals surface area contributed by atoms with Gasteiger partial charge in [0.1, 0.15) is 5.75 Å². The van der Waals surface area contributed by atoms with E-state index < -0.39 is 0 Å². The topological polar surface area (TPSA) is 26.3 Å². The summed E-state index contributed by atoms with van der Waals surface area (Å²) in [5.74, 6) is 0.467. The number of allylic oxidation sites excluding steroid dienone is 1. The number of carbonyl (C=O) groups excluding carboxylic acids is 1. The van der Waals surface area contributed by atoms with Gasteiger partial charge in [-0.2, -0.15) is 0 Å². The van der Waals surface area contributed by atoms with E-state index in [4.69, 9.17) is 16.3 Å². The lowest BCUT2D eigenvalue weighted by atomic mass is 10.1. The van der Waals surface area contributed by atoms with Gasteiger partial charge in [0, 0.05) is 5.02 Å². The minimum Gasteiger partial charge on any atom is -0.496 e. The lowest BCUT2D eigenvalue weighted by molar-refractivity contribution is 0.104. The molecule has 0 saturated heterocycles. The SMILES string of the molecule is COc1ccc(C)cc1C(=O)/C=C/c1ccccc1Cl. The van der Waals surface area contributed by atoms with Gasteiger partial charge in [-0.3, -0.25) is 4.79 Å². The van der Waals surface area contributed by atoms with Crippen molar-refractivity contribution < 1.29 is 9.53 Å². The number of carbonyl (C=O) groups is 1. The van der Waals surface area contributed by atoms with E-state index in [2.05, 4.69) is 0 Å². The van der Waals surface area contributed by atoms with Gasteiger partial charge in [-0.05, 0) is 42.8 Å². The molecule has 0 radical (unpaired) electrons. The Balaban J connectivity index is 2.29. The average molecular weight is 287 g/mol. The molecule has 2 aromatic rings. The Kier molecular flexibility index (Phi) is 4.59. The molecule has 2 aromatic carbocycles. The number of hydrogen-bond acceptors (Lipinski definition) is 2. The standard InChI is InChI=1S/C17H15ClO2/c1-12-7-10-17(20-2)14(11-12)16(19)9-8-13-5-3-4-6-15(13)18/h3-11H,1-2H3/b9-8+. The van der Waals surface area contributed by atoms with Crippen LogP contribution in [0.1, 0.15) is 21.5 Å². The fourth-order valence-electron chi connectivity index (χ4n) is 1.88. The Labute approximate surface area is 123 Å². The Morgan fingerprint density at radius 3 is 2.65 bits per heavy atom. The van der Waals surface area contributed by atoms with Crippen LogP contribution >= 0.6 is 11.6 Å². The fraction of sp³-hybridized carbons (Fsp3) is 0.118. The number of rotatable bonds is 4. The maximum absolute atomic E-state index is 12.3. The summed E-state index contributed by atoms with van der Waals surface area (Å²) in [6, 6.07) is 12.9. The Hall–Kier alpha value is -2.06. The highest BCUT2D eigenvalue weighted by Gasteiger charge is 2.09. The van der Waals surface area contributed by atoms with Gasteiger partial charge < -0.3 is 4.74 Å². The Morgan fingerprint density at radius 1 is 1.20 bits per heavy atom. The van der Waals surface area contributed by atoms with Crippen LogP contribution in [0.4, 0.5) is 0 Å². The van der Waals surface area contributed by atoms with Crippen molar-refractivity contribution in [2.45, 2.75) is 6.92 Å². The van der Waals surface area contributed by atoms with Crippen molar-refractivity contribution in [2.24, 2.45) is 0 Å². The number of hydrogen-bond donors (Lipinski definition) is 0. The van der Waals surface area contributed by atoms with Crippen molar-refractivity contribution in [1.29, 1.82) is 0 Å². The van der Waals surface area contributed by atoms with Gasteiger partial charge in [-0.15, -0.1) is 0 Å². The minimum atomic E-state index is -0.106. The second-order valence-electron chi connectivity index (χ2n) is 4.42. The molecular formula is C17H15ClO2. The third-order valence-electron chi connectivity index (χ3n) is 2.94. The van der Waals surface area contributed by atoms with Gasteiger partial charge >= 0.3 is 0 Å². The molecule has 0 amide bonds. The molecule has 0 aliphatic heterocycles. The highest BCUT2D eigenvalue weighted by atomic mass is 35.5. The molecule has 0 heterocycles. The van der Waals surface area contributed by atoms with Crippen molar-refractivity contribution in [2.75, 3.05) is 7.11 Å². The van der Waals surface area contributed by atoms with Crippen LogP contribution in [0.3, 0.4) is 0 Å². The highest BCUT2D eigenvalue weighted by Crippen LogP contribution is 2.22. The summed E-state index contributed by atoms with van der Waals surface area (Å²) >= 11 is 6.05. The molecule has 0 unspecified atom stereocenters. The monoisotopic (exact) mass is 286 g/mol. The molecule has 0 bridgehead atoms. The van der Waals surface area contributed by atoms with E-state index in [1.54, 1.807) is 25.3 Å². The van der Waals surface area contributed by atoms with Crippen LogP contribution in [-0.4, -0.2) is 12.9 Å². The number of ketones is 1. The predicted molar refractivity (Wildman–Crippen MR) is 82.5 cm³/mol.